The molecule has 0 aromatic heterocycles. The van der Waals surface area contributed by atoms with E-state index in [1.807, 2.05) is 0 Å². The summed E-state index contributed by atoms with van der Waals surface area (Å²) in [5.74, 6) is -0.520. The molecule has 0 aliphatic rings. The van der Waals surface area contributed by atoms with Crippen LogP contribution in [0.3, 0.4) is 0 Å². The van der Waals surface area contributed by atoms with Crippen LogP contribution in [0.15, 0.2) is 18.2 Å². The fourth-order valence-corrected chi connectivity index (χ4v) is 1.88. The predicted molar refractivity (Wildman–Crippen MR) is 73.8 cm³/mol. The molecule has 0 heterocycles. The zero-order valence-electron chi connectivity index (χ0n) is 10.9. The van der Waals surface area contributed by atoms with Gasteiger partial charge in [-0.3, -0.25) is 0 Å². The SMILES string of the molecule is CC(C)(C)OC(=O)C(C)(N)c1cc(Cl)cc(Cl)c1. The second-order valence-corrected chi connectivity index (χ2v) is 6.24. The third-order valence-electron chi connectivity index (χ3n) is 2.29. The van der Waals surface area contributed by atoms with Crippen LogP contribution in [0, 0.1) is 0 Å². The van der Waals surface area contributed by atoms with Crippen LogP contribution in [0.4, 0.5) is 0 Å². The van der Waals surface area contributed by atoms with Crippen molar-refractivity contribution in [2.24, 2.45) is 5.73 Å². The number of carbonyl (C=O) groups excluding carboxylic acids is 1. The van der Waals surface area contributed by atoms with E-state index < -0.39 is 17.1 Å². The quantitative estimate of drug-likeness (QED) is 0.848. The van der Waals surface area contributed by atoms with Crippen LogP contribution in [0.1, 0.15) is 33.3 Å². The number of ether oxygens (including phenoxy) is 1. The van der Waals surface area contributed by atoms with Gasteiger partial charge in [-0.2, -0.15) is 0 Å². The Bertz CT molecular complexity index is 444. The summed E-state index contributed by atoms with van der Waals surface area (Å²) >= 11 is 11.8. The molecule has 1 unspecified atom stereocenters. The number of nitrogens with two attached hydrogens (primary N) is 1. The van der Waals surface area contributed by atoms with Gasteiger partial charge in [-0.1, -0.05) is 23.2 Å². The van der Waals surface area contributed by atoms with E-state index in [9.17, 15) is 4.79 Å². The van der Waals surface area contributed by atoms with Crippen molar-refractivity contribution >= 4 is 29.2 Å². The summed E-state index contributed by atoms with van der Waals surface area (Å²) in [7, 11) is 0. The van der Waals surface area contributed by atoms with Crippen LogP contribution in [0.2, 0.25) is 10.0 Å². The molecular weight excluding hydrogens is 273 g/mol. The van der Waals surface area contributed by atoms with Crippen molar-refractivity contribution in [2.45, 2.75) is 38.8 Å². The lowest BCUT2D eigenvalue weighted by Crippen LogP contribution is -2.45. The fraction of sp³-hybridized carbons (Fsp3) is 0.462. The maximum absolute atomic E-state index is 12.1. The van der Waals surface area contributed by atoms with E-state index in [4.69, 9.17) is 33.7 Å². The number of benzene rings is 1. The third-order valence-corrected chi connectivity index (χ3v) is 2.72. The first-order chi connectivity index (χ1) is 8.02. The van der Waals surface area contributed by atoms with Gasteiger partial charge >= 0.3 is 5.97 Å². The van der Waals surface area contributed by atoms with Crippen molar-refractivity contribution in [1.29, 1.82) is 0 Å². The number of carbonyl (C=O) groups is 1. The topological polar surface area (TPSA) is 52.3 Å². The zero-order chi connectivity index (χ0) is 14.1. The van der Waals surface area contributed by atoms with Crippen LogP contribution in [0.25, 0.3) is 0 Å². The summed E-state index contributed by atoms with van der Waals surface area (Å²) in [6.45, 7) is 6.92. The van der Waals surface area contributed by atoms with Gasteiger partial charge in [0.15, 0.2) is 0 Å². The average molecular weight is 290 g/mol. The van der Waals surface area contributed by atoms with Crippen molar-refractivity contribution in [3.8, 4) is 0 Å². The first-order valence-corrected chi connectivity index (χ1v) is 6.27. The molecule has 0 bridgehead atoms. The molecule has 1 rings (SSSR count). The summed E-state index contributed by atoms with van der Waals surface area (Å²) in [6.07, 6.45) is 0. The summed E-state index contributed by atoms with van der Waals surface area (Å²) in [5, 5.41) is 0.857. The van der Waals surface area contributed by atoms with E-state index in [1.165, 1.54) is 0 Å². The molecule has 0 saturated carbocycles. The van der Waals surface area contributed by atoms with E-state index >= 15 is 0 Å². The zero-order valence-corrected chi connectivity index (χ0v) is 12.4. The van der Waals surface area contributed by atoms with Crippen LogP contribution < -0.4 is 5.73 Å². The van der Waals surface area contributed by atoms with Crippen molar-refractivity contribution in [3.05, 3.63) is 33.8 Å². The number of halogens is 2. The molecule has 0 spiro atoms. The van der Waals surface area contributed by atoms with Crippen molar-refractivity contribution in [1.82, 2.24) is 0 Å². The highest BCUT2D eigenvalue weighted by Crippen LogP contribution is 2.28. The summed E-state index contributed by atoms with van der Waals surface area (Å²) in [6, 6.07) is 4.80. The Labute approximate surface area is 117 Å². The molecule has 5 heteroatoms. The molecule has 3 nitrogen and oxygen atoms in total. The number of esters is 1. The molecule has 0 amide bonds. The van der Waals surface area contributed by atoms with Gasteiger partial charge in [0.25, 0.3) is 0 Å². The van der Waals surface area contributed by atoms with E-state index in [0.717, 1.165) is 0 Å². The molecule has 100 valence electrons. The molecule has 0 radical (unpaired) electrons. The van der Waals surface area contributed by atoms with Gasteiger partial charge in [-0.15, -0.1) is 0 Å². The summed E-state index contributed by atoms with van der Waals surface area (Å²) in [4.78, 5) is 12.1. The largest absolute Gasteiger partial charge is 0.458 e. The average Bonchev–Trinajstić information content (AvgIpc) is 2.13. The Morgan fingerprint density at radius 1 is 1.11 bits per heavy atom. The Morgan fingerprint density at radius 2 is 1.56 bits per heavy atom. The first kappa shape index (κ1) is 15.3. The lowest BCUT2D eigenvalue weighted by molar-refractivity contribution is -0.161. The smallest absolute Gasteiger partial charge is 0.331 e. The standard InChI is InChI=1S/C13H17Cl2NO2/c1-12(2,3)18-11(17)13(4,16)8-5-9(14)7-10(15)6-8/h5-7H,16H2,1-4H3. The van der Waals surface area contributed by atoms with Gasteiger partial charge in [0.05, 0.1) is 0 Å². The maximum Gasteiger partial charge on any atom is 0.331 e. The lowest BCUT2D eigenvalue weighted by atomic mass is 9.93. The predicted octanol–water partition coefficient (Wildman–Crippen LogP) is 3.51. The van der Waals surface area contributed by atoms with Gasteiger partial charge in [-0.05, 0) is 51.5 Å². The number of hydrogen-bond acceptors (Lipinski definition) is 3. The third kappa shape index (κ3) is 3.87. The molecule has 0 aliphatic heterocycles. The van der Waals surface area contributed by atoms with Crippen LogP contribution in [-0.2, 0) is 15.1 Å². The molecule has 0 aliphatic carbocycles. The van der Waals surface area contributed by atoms with Crippen molar-refractivity contribution in [3.63, 3.8) is 0 Å². The second-order valence-electron chi connectivity index (χ2n) is 5.36. The fourth-order valence-electron chi connectivity index (χ4n) is 1.36. The van der Waals surface area contributed by atoms with Crippen molar-refractivity contribution in [2.75, 3.05) is 0 Å². The highest BCUT2D eigenvalue weighted by molar-refractivity contribution is 6.34. The first-order valence-electron chi connectivity index (χ1n) is 5.51. The maximum atomic E-state index is 12.1. The minimum atomic E-state index is -1.29. The van der Waals surface area contributed by atoms with Gasteiger partial charge in [0, 0.05) is 10.0 Å². The minimum Gasteiger partial charge on any atom is -0.458 e. The van der Waals surface area contributed by atoms with Gasteiger partial charge in [-0.25, -0.2) is 4.79 Å². The Morgan fingerprint density at radius 3 is 1.94 bits per heavy atom. The van der Waals surface area contributed by atoms with E-state index in [1.54, 1.807) is 45.9 Å². The Balaban J connectivity index is 3.08. The number of hydrogen-bond donors (Lipinski definition) is 1. The molecule has 2 N–H and O–H groups in total. The molecule has 0 saturated heterocycles. The van der Waals surface area contributed by atoms with Gasteiger partial charge in [0.1, 0.15) is 11.1 Å². The van der Waals surface area contributed by atoms with E-state index in [-0.39, 0.29) is 0 Å². The van der Waals surface area contributed by atoms with Crippen LogP contribution in [-0.4, -0.2) is 11.6 Å². The second kappa shape index (κ2) is 5.08. The molecule has 0 fully saturated rings. The summed E-state index contributed by atoms with van der Waals surface area (Å²) in [5.41, 5.74) is 4.67. The van der Waals surface area contributed by atoms with Crippen LogP contribution >= 0.6 is 23.2 Å². The van der Waals surface area contributed by atoms with E-state index in [0.29, 0.717) is 15.6 Å². The Kier molecular flexibility index (Phi) is 4.31. The lowest BCUT2D eigenvalue weighted by Gasteiger charge is -2.28. The molecule has 1 aromatic carbocycles. The minimum absolute atomic E-state index is 0.428. The van der Waals surface area contributed by atoms with Crippen LogP contribution in [0.5, 0.6) is 0 Å². The molecule has 18 heavy (non-hydrogen) atoms. The van der Waals surface area contributed by atoms with Gasteiger partial charge in [0.2, 0.25) is 0 Å². The highest BCUT2D eigenvalue weighted by atomic mass is 35.5. The van der Waals surface area contributed by atoms with E-state index in [2.05, 4.69) is 0 Å². The Hall–Kier alpha value is -0.770. The highest BCUT2D eigenvalue weighted by Gasteiger charge is 2.35. The monoisotopic (exact) mass is 289 g/mol. The molecule has 1 aromatic rings. The summed E-state index contributed by atoms with van der Waals surface area (Å²) < 4.78 is 5.29. The van der Waals surface area contributed by atoms with Gasteiger partial charge < -0.3 is 10.5 Å². The molecular formula is C13H17Cl2NO2. The number of rotatable bonds is 2. The molecule has 1 atom stereocenters. The van der Waals surface area contributed by atoms with Crippen molar-refractivity contribution < 1.29 is 9.53 Å². The normalized spacial score (nSPS) is 15.1.